The predicted molar refractivity (Wildman–Crippen MR) is 67.4 cm³/mol. The van der Waals surface area contributed by atoms with Crippen molar-refractivity contribution in [2.75, 3.05) is 5.32 Å². The van der Waals surface area contributed by atoms with Gasteiger partial charge in [-0.2, -0.15) is 0 Å². The summed E-state index contributed by atoms with van der Waals surface area (Å²) in [6, 6.07) is 10.7. The lowest BCUT2D eigenvalue weighted by Crippen LogP contribution is -1.96. The summed E-state index contributed by atoms with van der Waals surface area (Å²) >= 11 is 1.82. The highest BCUT2D eigenvalue weighted by Crippen LogP contribution is 2.18. The van der Waals surface area contributed by atoms with Crippen LogP contribution in [0.3, 0.4) is 0 Å². The van der Waals surface area contributed by atoms with Crippen LogP contribution < -0.4 is 5.32 Å². The Hall–Kier alpha value is -1.35. The molecule has 0 spiro atoms. The Balaban J connectivity index is 1.94. The molecule has 1 nitrogen and oxygen atoms in total. The van der Waals surface area contributed by atoms with Crippen molar-refractivity contribution >= 4 is 17.0 Å². The summed E-state index contributed by atoms with van der Waals surface area (Å²) < 4.78 is 12.7. The van der Waals surface area contributed by atoms with E-state index in [0.29, 0.717) is 0 Å². The Labute approximate surface area is 98.9 Å². The summed E-state index contributed by atoms with van der Waals surface area (Å²) in [4.78, 5) is 2.71. The second-order valence-corrected chi connectivity index (χ2v) is 4.83. The highest BCUT2D eigenvalue weighted by Gasteiger charge is 1.98. The SMILES string of the molecule is CCc1ccc(CNc2ccc(F)cc2)s1. The molecule has 2 rings (SSSR count). The first-order valence-corrected chi connectivity index (χ1v) is 6.16. The lowest BCUT2D eigenvalue weighted by molar-refractivity contribution is 0.628. The predicted octanol–water partition coefficient (Wildman–Crippen LogP) is 4.06. The van der Waals surface area contributed by atoms with Crippen LogP contribution in [0, 0.1) is 5.82 Å². The zero-order chi connectivity index (χ0) is 11.4. The van der Waals surface area contributed by atoms with Gasteiger partial charge >= 0.3 is 0 Å². The largest absolute Gasteiger partial charge is 0.380 e. The van der Waals surface area contributed by atoms with Gasteiger partial charge in [0.1, 0.15) is 5.82 Å². The van der Waals surface area contributed by atoms with E-state index in [9.17, 15) is 4.39 Å². The molecule has 2 aromatic rings. The van der Waals surface area contributed by atoms with Crippen molar-refractivity contribution in [1.29, 1.82) is 0 Å². The van der Waals surface area contributed by atoms with E-state index in [1.54, 1.807) is 12.1 Å². The molecule has 1 heterocycles. The minimum Gasteiger partial charge on any atom is -0.380 e. The number of hydrogen-bond donors (Lipinski definition) is 1. The van der Waals surface area contributed by atoms with Crippen LogP contribution in [0.5, 0.6) is 0 Å². The summed E-state index contributed by atoms with van der Waals surface area (Å²) in [6.07, 6.45) is 1.08. The molecule has 1 N–H and O–H groups in total. The van der Waals surface area contributed by atoms with E-state index in [2.05, 4.69) is 24.4 Å². The number of nitrogens with one attached hydrogen (secondary N) is 1. The normalized spacial score (nSPS) is 10.4. The fourth-order valence-electron chi connectivity index (χ4n) is 1.46. The van der Waals surface area contributed by atoms with E-state index in [-0.39, 0.29) is 5.82 Å². The smallest absolute Gasteiger partial charge is 0.123 e. The van der Waals surface area contributed by atoms with E-state index in [0.717, 1.165) is 18.7 Å². The van der Waals surface area contributed by atoms with Gasteiger partial charge in [0.25, 0.3) is 0 Å². The third-order valence-electron chi connectivity index (χ3n) is 2.38. The molecule has 0 fully saturated rings. The summed E-state index contributed by atoms with van der Waals surface area (Å²) in [7, 11) is 0. The lowest BCUT2D eigenvalue weighted by Gasteiger charge is -2.03. The monoisotopic (exact) mass is 235 g/mol. The minimum absolute atomic E-state index is 0.199. The van der Waals surface area contributed by atoms with Crippen molar-refractivity contribution < 1.29 is 4.39 Å². The molecule has 0 saturated heterocycles. The van der Waals surface area contributed by atoms with E-state index < -0.39 is 0 Å². The zero-order valence-corrected chi connectivity index (χ0v) is 9.98. The molecule has 1 aromatic heterocycles. The first kappa shape index (κ1) is 11.1. The summed E-state index contributed by atoms with van der Waals surface area (Å²) in [6.45, 7) is 2.96. The van der Waals surface area contributed by atoms with E-state index >= 15 is 0 Å². The maximum Gasteiger partial charge on any atom is 0.123 e. The van der Waals surface area contributed by atoms with Gasteiger partial charge in [-0.1, -0.05) is 6.92 Å². The van der Waals surface area contributed by atoms with Crippen LogP contribution in [0.2, 0.25) is 0 Å². The van der Waals surface area contributed by atoms with Gasteiger partial charge in [-0.15, -0.1) is 11.3 Å². The van der Waals surface area contributed by atoms with E-state index in [1.807, 2.05) is 11.3 Å². The Morgan fingerprint density at radius 1 is 1.06 bits per heavy atom. The molecule has 0 atom stereocenters. The second-order valence-electron chi connectivity index (χ2n) is 3.58. The number of rotatable bonds is 4. The van der Waals surface area contributed by atoms with Crippen molar-refractivity contribution in [1.82, 2.24) is 0 Å². The van der Waals surface area contributed by atoms with Gasteiger partial charge < -0.3 is 5.32 Å². The molecule has 1 aromatic carbocycles. The Morgan fingerprint density at radius 2 is 1.75 bits per heavy atom. The fraction of sp³-hybridized carbons (Fsp3) is 0.231. The van der Waals surface area contributed by atoms with Crippen LogP contribution in [-0.4, -0.2) is 0 Å². The number of benzene rings is 1. The van der Waals surface area contributed by atoms with Crippen LogP contribution in [-0.2, 0) is 13.0 Å². The van der Waals surface area contributed by atoms with Crippen LogP contribution in [0.4, 0.5) is 10.1 Å². The highest BCUT2D eigenvalue weighted by molar-refractivity contribution is 7.12. The Bertz CT molecular complexity index is 447. The molecule has 84 valence electrons. The maximum atomic E-state index is 12.7. The van der Waals surface area contributed by atoms with Crippen LogP contribution in [0.1, 0.15) is 16.7 Å². The first-order chi connectivity index (χ1) is 7.78. The third kappa shape index (κ3) is 2.83. The van der Waals surface area contributed by atoms with Gasteiger partial charge in [0, 0.05) is 22.0 Å². The molecule has 0 bridgehead atoms. The average Bonchev–Trinajstić information content (AvgIpc) is 2.76. The summed E-state index contributed by atoms with van der Waals surface area (Å²) in [5, 5.41) is 3.27. The molecule has 0 aliphatic rings. The third-order valence-corrected chi connectivity index (χ3v) is 3.61. The van der Waals surface area contributed by atoms with Crippen LogP contribution in [0.25, 0.3) is 0 Å². The van der Waals surface area contributed by atoms with Gasteiger partial charge in [-0.25, -0.2) is 4.39 Å². The molecule has 3 heteroatoms. The molecule has 0 radical (unpaired) electrons. The molecular formula is C13H14FNS. The maximum absolute atomic E-state index is 12.7. The van der Waals surface area contributed by atoms with Crippen molar-refractivity contribution in [2.24, 2.45) is 0 Å². The second kappa shape index (κ2) is 5.12. The van der Waals surface area contributed by atoms with Crippen molar-refractivity contribution in [3.05, 3.63) is 52.0 Å². The Morgan fingerprint density at radius 3 is 2.38 bits per heavy atom. The van der Waals surface area contributed by atoms with Gasteiger partial charge in [0.2, 0.25) is 0 Å². The molecule has 0 amide bonds. The van der Waals surface area contributed by atoms with E-state index in [1.165, 1.54) is 21.9 Å². The quantitative estimate of drug-likeness (QED) is 0.842. The minimum atomic E-state index is -0.199. The average molecular weight is 235 g/mol. The summed E-state index contributed by atoms with van der Waals surface area (Å²) in [5.41, 5.74) is 0.952. The highest BCUT2D eigenvalue weighted by atomic mass is 32.1. The number of halogens is 1. The number of thiophene rings is 1. The van der Waals surface area contributed by atoms with Gasteiger partial charge in [0.15, 0.2) is 0 Å². The lowest BCUT2D eigenvalue weighted by atomic mass is 10.3. The van der Waals surface area contributed by atoms with Gasteiger partial charge in [-0.05, 0) is 42.8 Å². The van der Waals surface area contributed by atoms with Crippen molar-refractivity contribution in [2.45, 2.75) is 19.9 Å². The molecule has 16 heavy (non-hydrogen) atoms. The molecule has 0 aliphatic heterocycles. The topological polar surface area (TPSA) is 12.0 Å². The van der Waals surface area contributed by atoms with Gasteiger partial charge in [0.05, 0.1) is 0 Å². The number of hydrogen-bond acceptors (Lipinski definition) is 2. The summed E-state index contributed by atoms with van der Waals surface area (Å²) in [5.74, 6) is -0.199. The van der Waals surface area contributed by atoms with Gasteiger partial charge in [-0.3, -0.25) is 0 Å². The Kier molecular flexibility index (Phi) is 3.57. The molecule has 0 aliphatic carbocycles. The number of aryl methyl sites for hydroxylation is 1. The molecule has 0 unspecified atom stereocenters. The van der Waals surface area contributed by atoms with Crippen molar-refractivity contribution in [3.8, 4) is 0 Å². The number of anilines is 1. The van der Waals surface area contributed by atoms with Crippen LogP contribution >= 0.6 is 11.3 Å². The van der Waals surface area contributed by atoms with E-state index in [4.69, 9.17) is 0 Å². The first-order valence-electron chi connectivity index (χ1n) is 5.35. The zero-order valence-electron chi connectivity index (χ0n) is 9.16. The van der Waals surface area contributed by atoms with Crippen molar-refractivity contribution in [3.63, 3.8) is 0 Å². The molecular weight excluding hydrogens is 221 g/mol. The standard InChI is InChI=1S/C13H14FNS/c1-2-12-7-8-13(16-12)9-15-11-5-3-10(14)4-6-11/h3-8,15H,2,9H2,1H3. The molecule has 0 saturated carbocycles. The fourth-order valence-corrected chi connectivity index (χ4v) is 2.36. The van der Waals surface area contributed by atoms with Crippen LogP contribution in [0.15, 0.2) is 36.4 Å².